The van der Waals surface area contributed by atoms with E-state index in [0.29, 0.717) is 16.5 Å². The standard InChI is InChI=1S/C20H22F2N4O2.V/c1-3-13(2)25-14-4-5-17-16(10-14)15(6-8-23-17)19(28)24-11-18(27)26-9-7-20(21,22)12-26;/h4-6,8,10,13,25H,3,7,11-12H2,1-2H3,(H,24,28);. The molecule has 153 valence electrons. The van der Waals surface area contributed by atoms with E-state index in [-0.39, 0.29) is 16.9 Å². The van der Waals surface area contributed by atoms with Gasteiger partial charge in [0.2, 0.25) is 0 Å². The Bertz CT molecular complexity index is 967. The van der Waals surface area contributed by atoms with Gasteiger partial charge in [0.15, 0.2) is 0 Å². The number of alkyl halides is 2. The monoisotopic (exact) mass is 439 g/mol. The molecule has 9 heteroatoms. The second kappa shape index (κ2) is 8.59. The maximum absolute atomic E-state index is 13.5. The quantitative estimate of drug-likeness (QED) is 0.726. The van der Waals surface area contributed by atoms with Crippen LogP contribution < -0.4 is 10.6 Å². The average molecular weight is 439 g/mol. The number of nitrogens with zero attached hydrogens (tertiary/aromatic N) is 2. The minimum absolute atomic E-state index is 0.247. The van der Waals surface area contributed by atoms with E-state index in [1.54, 1.807) is 6.07 Å². The Morgan fingerprint density at radius 1 is 1.34 bits per heavy atom. The van der Waals surface area contributed by atoms with Gasteiger partial charge < -0.3 is 0 Å². The van der Waals surface area contributed by atoms with E-state index in [1.807, 2.05) is 35.2 Å². The third-order valence-corrected chi connectivity index (χ3v) is 5.45. The zero-order valence-corrected chi connectivity index (χ0v) is 17.6. The second-order valence-corrected chi connectivity index (χ2v) is 7.96. The van der Waals surface area contributed by atoms with Gasteiger partial charge in [0.25, 0.3) is 0 Å². The molecule has 0 bridgehead atoms. The van der Waals surface area contributed by atoms with Gasteiger partial charge in [-0.25, -0.2) is 0 Å². The Morgan fingerprint density at radius 2 is 2.10 bits per heavy atom. The summed E-state index contributed by atoms with van der Waals surface area (Å²) in [5, 5.41) is 6.55. The molecule has 0 saturated carbocycles. The van der Waals surface area contributed by atoms with Gasteiger partial charge in [-0.3, -0.25) is 0 Å². The zero-order valence-electron chi connectivity index (χ0n) is 16.2. The van der Waals surface area contributed by atoms with Gasteiger partial charge in [-0.05, 0) is 13.3 Å². The number of amides is 2. The second-order valence-electron chi connectivity index (χ2n) is 7.16. The van der Waals surface area contributed by atoms with Crippen molar-refractivity contribution in [1.82, 2.24) is 15.2 Å². The van der Waals surface area contributed by atoms with Crippen LogP contribution in [0.4, 0.5) is 14.5 Å². The number of likely N-dealkylation sites (tertiary alicyclic amines) is 1. The van der Waals surface area contributed by atoms with Crippen molar-refractivity contribution in [1.29, 1.82) is 0 Å². The molecule has 1 saturated heterocycles. The van der Waals surface area contributed by atoms with Crippen molar-refractivity contribution in [3.63, 3.8) is 0 Å². The number of rotatable bonds is 6. The molecular weight excluding hydrogens is 417 g/mol. The van der Waals surface area contributed by atoms with Gasteiger partial charge >= 0.3 is 156 Å². The topological polar surface area (TPSA) is 74.3 Å². The maximum atomic E-state index is 13.5. The minimum atomic E-state index is -2.93. The van der Waals surface area contributed by atoms with Crippen molar-refractivity contribution in [3.8, 4) is 0 Å². The molecule has 1 unspecified atom stereocenters. The van der Waals surface area contributed by atoms with Gasteiger partial charge in [0.05, 0.1) is 0 Å². The zero-order chi connectivity index (χ0) is 21.2. The van der Waals surface area contributed by atoms with Crippen molar-refractivity contribution >= 4 is 32.8 Å². The first-order valence-electron chi connectivity index (χ1n) is 9.36. The number of fused-ring (bicyclic) bond motifs is 1. The summed E-state index contributed by atoms with van der Waals surface area (Å²) in [7, 11) is 0. The fraction of sp³-hybridized carbons (Fsp3) is 0.400. The number of nitrogens with one attached hydrogen (secondary N) is 2. The van der Waals surface area contributed by atoms with E-state index in [0.717, 1.165) is 17.0 Å². The molecular formula is C20H22F2N4O2V. The van der Waals surface area contributed by atoms with E-state index in [9.17, 15) is 18.4 Å². The predicted molar refractivity (Wildman–Crippen MR) is 104 cm³/mol. The molecule has 0 aliphatic carbocycles. The first-order valence-corrected chi connectivity index (χ1v) is 10.1. The van der Waals surface area contributed by atoms with Crippen LogP contribution in [0.2, 0.25) is 0 Å². The molecule has 1 atom stereocenters. The number of anilines is 1. The van der Waals surface area contributed by atoms with Crippen molar-refractivity contribution in [2.24, 2.45) is 0 Å². The molecule has 1 aliphatic rings. The van der Waals surface area contributed by atoms with Crippen LogP contribution in [0, 0.1) is 0 Å². The Kier molecular flexibility index (Phi) is 6.34. The fourth-order valence-corrected chi connectivity index (χ4v) is 3.75. The summed E-state index contributed by atoms with van der Waals surface area (Å²) in [4.78, 5) is 30.3. The molecule has 2 aromatic rings. The van der Waals surface area contributed by atoms with E-state index in [2.05, 4.69) is 29.5 Å². The van der Waals surface area contributed by atoms with E-state index < -0.39 is 30.7 Å². The Hall–Kier alpha value is -2.32. The summed E-state index contributed by atoms with van der Waals surface area (Å²) in [6.45, 7) is 3.12. The molecule has 0 radical (unpaired) electrons. The van der Waals surface area contributed by atoms with Gasteiger partial charge in [0, 0.05) is 0 Å². The van der Waals surface area contributed by atoms with Gasteiger partial charge in [-0.2, -0.15) is 0 Å². The van der Waals surface area contributed by atoms with E-state index >= 15 is 0 Å². The van der Waals surface area contributed by atoms with Crippen molar-refractivity contribution < 1.29 is 35.3 Å². The van der Waals surface area contributed by atoms with Crippen LogP contribution in [-0.2, 0) is 21.8 Å². The summed E-state index contributed by atoms with van der Waals surface area (Å²) < 4.78 is 27.2. The molecule has 1 fully saturated rings. The van der Waals surface area contributed by atoms with Crippen LogP contribution in [0.3, 0.4) is 0 Å². The molecule has 2 amide bonds. The van der Waals surface area contributed by atoms with E-state index in [1.165, 1.54) is 6.20 Å². The van der Waals surface area contributed by atoms with Crippen molar-refractivity contribution in [2.75, 3.05) is 18.4 Å². The molecule has 29 heavy (non-hydrogen) atoms. The van der Waals surface area contributed by atoms with Gasteiger partial charge in [-0.1, -0.05) is 6.92 Å². The number of carbonyl (C=O) groups is 2. The van der Waals surface area contributed by atoms with Gasteiger partial charge in [0.1, 0.15) is 0 Å². The summed E-state index contributed by atoms with van der Waals surface area (Å²) in [5.74, 6) is -3.95. The first-order chi connectivity index (χ1) is 13.7. The Labute approximate surface area is 176 Å². The Morgan fingerprint density at radius 3 is 2.76 bits per heavy atom. The Balaban J connectivity index is 1.74. The van der Waals surface area contributed by atoms with Crippen LogP contribution in [0.1, 0.15) is 37.0 Å². The number of aromatic nitrogens is 1. The molecule has 2 heterocycles. The fourth-order valence-electron chi connectivity index (χ4n) is 3.10. The molecule has 1 aromatic carbocycles. The summed E-state index contributed by atoms with van der Waals surface area (Å²) >= 11 is 2.01. The molecule has 1 aliphatic heterocycles. The van der Waals surface area contributed by atoms with E-state index in [4.69, 9.17) is 0 Å². The number of benzene rings is 1. The van der Waals surface area contributed by atoms with Crippen LogP contribution in [0.5, 0.6) is 0 Å². The van der Waals surface area contributed by atoms with Crippen LogP contribution in [0.15, 0.2) is 30.5 Å². The molecule has 3 rings (SSSR count). The van der Waals surface area contributed by atoms with Crippen LogP contribution in [-0.4, -0.2) is 51.1 Å². The molecule has 6 nitrogen and oxygen atoms in total. The number of halogens is 2. The number of pyridine rings is 1. The van der Waals surface area contributed by atoms with Crippen molar-refractivity contribution in [2.45, 2.75) is 38.7 Å². The van der Waals surface area contributed by atoms with Crippen LogP contribution in [0.25, 0.3) is 10.9 Å². The molecule has 2 N–H and O–H groups in total. The summed E-state index contributed by atoms with van der Waals surface area (Å²) in [5.41, 5.74) is 1.89. The first kappa shape index (κ1) is 21.4. The van der Waals surface area contributed by atoms with Gasteiger partial charge in [-0.15, -0.1) is 0 Å². The number of carbonyl (C=O) groups excluding carboxylic acids is 2. The average Bonchev–Trinajstić information content (AvgIpc) is 2.97. The predicted octanol–water partition coefficient (Wildman–Crippen LogP) is 2.72. The normalized spacial score (nSPS) is 16.7. The van der Waals surface area contributed by atoms with Crippen LogP contribution >= 0.6 is 0 Å². The SMILES string of the molecule is CCC(C)Nc1ccc2nccc(C(=O)NCC(=O)N3CC(F)(F)C[C]3=[V])c2c1. The molecule has 1 aromatic heterocycles. The summed E-state index contributed by atoms with van der Waals surface area (Å²) in [6, 6.07) is 7.42. The number of hydrogen-bond acceptors (Lipinski definition) is 4. The molecule has 0 spiro atoms. The number of hydrogen-bond donors (Lipinski definition) is 2. The third-order valence-electron chi connectivity index (χ3n) is 4.83. The third kappa shape index (κ3) is 5.00. The summed E-state index contributed by atoms with van der Waals surface area (Å²) in [6.07, 6.45) is 2.01. The van der Waals surface area contributed by atoms with Crippen molar-refractivity contribution in [3.05, 3.63) is 36.0 Å².